The first-order valence-corrected chi connectivity index (χ1v) is 7.07. The van der Waals surface area contributed by atoms with Crippen LogP contribution < -0.4 is 5.32 Å². The summed E-state index contributed by atoms with van der Waals surface area (Å²) in [7, 11) is 2.09. The molecular formula is C14H20N4O2. The molecule has 3 heterocycles. The van der Waals surface area contributed by atoms with Gasteiger partial charge in [0, 0.05) is 6.54 Å². The summed E-state index contributed by atoms with van der Waals surface area (Å²) in [6.07, 6.45) is 4.16. The number of rotatable bonds is 5. The van der Waals surface area contributed by atoms with Gasteiger partial charge in [-0.05, 0) is 51.0 Å². The van der Waals surface area contributed by atoms with Gasteiger partial charge in [0.15, 0.2) is 5.76 Å². The van der Waals surface area contributed by atoms with Crippen molar-refractivity contribution in [2.45, 2.75) is 19.4 Å². The quantitative estimate of drug-likeness (QED) is 0.897. The minimum Gasteiger partial charge on any atom is -0.461 e. The van der Waals surface area contributed by atoms with E-state index in [1.165, 1.54) is 12.8 Å². The first-order valence-electron chi connectivity index (χ1n) is 7.07. The van der Waals surface area contributed by atoms with Crippen molar-refractivity contribution in [3.8, 4) is 11.6 Å². The van der Waals surface area contributed by atoms with E-state index >= 15 is 0 Å². The average Bonchev–Trinajstić information content (AvgIpc) is 3.10. The Morgan fingerprint density at radius 3 is 3.20 bits per heavy atom. The van der Waals surface area contributed by atoms with Crippen molar-refractivity contribution in [1.82, 2.24) is 20.4 Å². The van der Waals surface area contributed by atoms with Gasteiger partial charge in [-0.2, -0.15) is 4.98 Å². The molecule has 6 heteroatoms. The molecule has 1 unspecified atom stereocenters. The minimum absolute atomic E-state index is 0.512. The maximum atomic E-state index is 5.27. The van der Waals surface area contributed by atoms with E-state index in [-0.39, 0.29) is 0 Å². The first kappa shape index (κ1) is 13.3. The highest BCUT2D eigenvalue weighted by atomic mass is 16.5. The predicted octanol–water partition coefficient (Wildman–Crippen LogP) is 1.76. The van der Waals surface area contributed by atoms with Gasteiger partial charge in [-0.15, -0.1) is 0 Å². The summed E-state index contributed by atoms with van der Waals surface area (Å²) in [6, 6.07) is 3.64. The van der Waals surface area contributed by atoms with Crippen molar-refractivity contribution in [2.24, 2.45) is 5.92 Å². The average molecular weight is 276 g/mol. The monoisotopic (exact) mass is 276 g/mol. The van der Waals surface area contributed by atoms with Gasteiger partial charge >= 0.3 is 0 Å². The lowest BCUT2D eigenvalue weighted by Crippen LogP contribution is -2.36. The summed E-state index contributed by atoms with van der Waals surface area (Å²) in [4.78, 5) is 6.59. The van der Waals surface area contributed by atoms with Gasteiger partial charge in [-0.3, -0.25) is 4.90 Å². The molecule has 0 spiro atoms. The normalized spacial score (nSPS) is 19.6. The highest BCUT2D eigenvalue weighted by molar-refractivity contribution is 5.44. The van der Waals surface area contributed by atoms with Crippen molar-refractivity contribution in [3.05, 3.63) is 24.3 Å². The molecule has 0 saturated carbocycles. The molecule has 0 bridgehead atoms. The predicted molar refractivity (Wildman–Crippen MR) is 73.9 cm³/mol. The molecule has 1 atom stereocenters. The Hall–Kier alpha value is -1.66. The minimum atomic E-state index is 0.512. The van der Waals surface area contributed by atoms with Crippen LogP contribution in [-0.2, 0) is 6.54 Å². The Morgan fingerprint density at radius 1 is 1.50 bits per heavy atom. The fourth-order valence-electron chi connectivity index (χ4n) is 2.64. The van der Waals surface area contributed by atoms with Crippen LogP contribution in [0.25, 0.3) is 11.6 Å². The molecule has 2 aromatic rings. The highest BCUT2D eigenvalue weighted by Crippen LogP contribution is 2.17. The summed E-state index contributed by atoms with van der Waals surface area (Å²) in [5.41, 5.74) is 0. The fourth-order valence-corrected chi connectivity index (χ4v) is 2.64. The summed E-state index contributed by atoms with van der Waals surface area (Å²) in [5.74, 6) is 2.49. The fraction of sp³-hybridized carbons (Fsp3) is 0.571. The third-order valence-corrected chi connectivity index (χ3v) is 3.58. The van der Waals surface area contributed by atoms with E-state index in [0.717, 1.165) is 19.6 Å². The molecule has 0 aliphatic carbocycles. The molecular weight excluding hydrogens is 256 g/mol. The van der Waals surface area contributed by atoms with Crippen molar-refractivity contribution in [1.29, 1.82) is 0 Å². The number of hydrogen-bond acceptors (Lipinski definition) is 6. The van der Waals surface area contributed by atoms with Gasteiger partial charge in [0.25, 0.3) is 0 Å². The van der Waals surface area contributed by atoms with Gasteiger partial charge in [0.2, 0.25) is 11.7 Å². The maximum absolute atomic E-state index is 5.27. The van der Waals surface area contributed by atoms with Gasteiger partial charge in [-0.1, -0.05) is 5.16 Å². The van der Waals surface area contributed by atoms with Crippen LogP contribution in [0.2, 0.25) is 0 Å². The van der Waals surface area contributed by atoms with Crippen LogP contribution in [-0.4, -0.2) is 41.7 Å². The van der Waals surface area contributed by atoms with E-state index in [0.29, 0.717) is 29.9 Å². The third-order valence-electron chi connectivity index (χ3n) is 3.58. The van der Waals surface area contributed by atoms with Crippen LogP contribution in [0.15, 0.2) is 27.3 Å². The molecule has 0 aromatic carbocycles. The second-order valence-corrected chi connectivity index (χ2v) is 5.40. The van der Waals surface area contributed by atoms with E-state index in [9.17, 15) is 0 Å². The van der Waals surface area contributed by atoms with E-state index in [4.69, 9.17) is 8.94 Å². The lowest BCUT2D eigenvalue weighted by Gasteiger charge is -2.26. The number of piperidine rings is 1. The van der Waals surface area contributed by atoms with Crippen molar-refractivity contribution in [3.63, 3.8) is 0 Å². The van der Waals surface area contributed by atoms with Gasteiger partial charge < -0.3 is 14.3 Å². The molecule has 2 aromatic heterocycles. The largest absolute Gasteiger partial charge is 0.461 e. The van der Waals surface area contributed by atoms with E-state index in [1.54, 1.807) is 6.26 Å². The summed E-state index contributed by atoms with van der Waals surface area (Å²) >= 11 is 0. The zero-order valence-electron chi connectivity index (χ0n) is 11.7. The van der Waals surface area contributed by atoms with Gasteiger partial charge in [-0.25, -0.2) is 0 Å². The van der Waals surface area contributed by atoms with E-state index in [1.807, 2.05) is 12.1 Å². The second-order valence-electron chi connectivity index (χ2n) is 5.40. The molecule has 1 N–H and O–H groups in total. The Balaban J connectivity index is 1.54. The number of nitrogens with one attached hydrogen (secondary N) is 1. The Morgan fingerprint density at radius 2 is 2.45 bits per heavy atom. The summed E-state index contributed by atoms with van der Waals surface area (Å²) < 4.78 is 10.5. The van der Waals surface area contributed by atoms with Crippen LogP contribution in [0.1, 0.15) is 18.7 Å². The third kappa shape index (κ3) is 3.26. The molecule has 1 fully saturated rings. The summed E-state index contributed by atoms with van der Waals surface area (Å²) in [5, 5.41) is 7.38. The molecule has 1 aliphatic rings. The topological polar surface area (TPSA) is 67.3 Å². The van der Waals surface area contributed by atoms with Crippen LogP contribution in [0.5, 0.6) is 0 Å². The molecule has 108 valence electrons. The molecule has 1 aliphatic heterocycles. The van der Waals surface area contributed by atoms with Gasteiger partial charge in [0.1, 0.15) is 0 Å². The molecule has 20 heavy (non-hydrogen) atoms. The van der Waals surface area contributed by atoms with Crippen LogP contribution in [0.3, 0.4) is 0 Å². The molecule has 0 radical (unpaired) electrons. The highest BCUT2D eigenvalue weighted by Gasteiger charge is 2.17. The molecule has 6 nitrogen and oxygen atoms in total. The Bertz CT molecular complexity index is 517. The van der Waals surface area contributed by atoms with Gasteiger partial charge in [0.05, 0.1) is 12.8 Å². The van der Waals surface area contributed by atoms with E-state index in [2.05, 4.69) is 27.4 Å². The molecule has 3 rings (SSSR count). The molecule has 0 amide bonds. The van der Waals surface area contributed by atoms with Crippen LogP contribution in [0, 0.1) is 5.92 Å². The van der Waals surface area contributed by atoms with Crippen LogP contribution >= 0.6 is 0 Å². The molecule has 1 saturated heterocycles. The maximum Gasteiger partial charge on any atom is 0.241 e. The Labute approximate surface area is 118 Å². The first-order chi connectivity index (χ1) is 9.81. The number of nitrogens with zero attached hydrogens (tertiary/aromatic N) is 3. The van der Waals surface area contributed by atoms with Crippen molar-refractivity contribution in [2.75, 3.05) is 26.7 Å². The second kappa shape index (κ2) is 6.19. The number of aromatic nitrogens is 2. The van der Waals surface area contributed by atoms with Crippen molar-refractivity contribution >= 4 is 0 Å². The zero-order valence-corrected chi connectivity index (χ0v) is 11.7. The Kier molecular flexibility index (Phi) is 4.13. The summed E-state index contributed by atoms with van der Waals surface area (Å²) in [6.45, 7) is 3.97. The standard InChI is InChI=1S/C14H20N4O2/c1-18(9-11-4-2-6-15-8-11)10-13-16-14(17-20-13)12-5-3-7-19-12/h3,5,7,11,15H,2,4,6,8-10H2,1H3. The lowest BCUT2D eigenvalue weighted by atomic mass is 9.99. The lowest BCUT2D eigenvalue weighted by molar-refractivity contribution is 0.213. The SMILES string of the molecule is CN(Cc1nc(-c2ccco2)no1)CC1CCCNC1. The van der Waals surface area contributed by atoms with Crippen molar-refractivity contribution < 1.29 is 8.94 Å². The van der Waals surface area contributed by atoms with Crippen LogP contribution in [0.4, 0.5) is 0 Å². The number of furan rings is 1. The smallest absolute Gasteiger partial charge is 0.241 e. The van der Waals surface area contributed by atoms with E-state index < -0.39 is 0 Å². The zero-order chi connectivity index (χ0) is 13.8. The number of hydrogen-bond donors (Lipinski definition) is 1.